The summed E-state index contributed by atoms with van der Waals surface area (Å²) in [5, 5.41) is 4.45. The van der Waals surface area contributed by atoms with Crippen LogP contribution in [0.1, 0.15) is 16.9 Å². The highest BCUT2D eigenvalue weighted by Gasteiger charge is 2.15. The second-order valence-corrected chi connectivity index (χ2v) is 6.74. The quantitative estimate of drug-likeness (QED) is 0.755. The molecule has 0 bridgehead atoms. The maximum Gasteiger partial charge on any atom is 0.142 e. The Morgan fingerprint density at radius 3 is 3.00 bits per heavy atom. The summed E-state index contributed by atoms with van der Waals surface area (Å²) >= 11 is 1.71. The Bertz CT molecular complexity index is 808. The number of aromatic nitrogens is 2. The van der Waals surface area contributed by atoms with Gasteiger partial charge in [0.1, 0.15) is 5.01 Å². The van der Waals surface area contributed by atoms with Gasteiger partial charge in [0, 0.05) is 28.9 Å². The van der Waals surface area contributed by atoms with Gasteiger partial charge < -0.3 is 5.32 Å². The van der Waals surface area contributed by atoms with Crippen LogP contribution in [-0.4, -0.2) is 16.5 Å². The summed E-state index contributed by atoms with van der Waals surface area (Å²) < 4.78 is 0. The van der Waals surface area contributed by atoms with Crippen LogP contribution in [0.5, 0.6) is 0 Å². The van der Waals surface area contributed by atoms with Crippen molar-refractivity contribution in [3.05, 3.63) is 53.0 Å². The number of pyridine rings is 1. The van der Waals surface area contributed by atoms with Crippen molar-refractivity contribution in [2.75, 3.05) is 11.9 Å². The lowest BCUT2D eigenvalue weighted by Gasteiger charge is -2.18. The molecular formula is C18H17N3S. The normalized spacial score (nSPS) is 13.5. The molecule has 3 nitrogen and oxygen atoms in total. The summed E-state index contributed by atoms with van der Waals surface area (Å²) in [7, 11) is 0. The van der Waals surface area contributed by atoms with E-state index >= 15 is 0 Å². The van der Waals surface area contributed by atoms with Gasteiger partial charge in [-0.25, -0.2) is 4.98 Å². The highest BCUT2D eigenvalue weighted by Crippen LogP contribution is 2.34. The molecule has 0 saturated heterocycles. The highest BCUT2D eigenvalue weighted by atomic mass is 32.1. The van der Waals surface area contributed by atoms with Gasteiger partial charge in [-0.2, -0.15) is 0 Å². The van der Waals surface area contributed by atoms with Crippen LogP contribution < -0.4 is 5.32 Å². The monoisotopic (exact) mass is 307 g/mol. The first kappa shape index (κ1) is 13.5. The van der Waals surface area contributed by atoms with E-state index in [0.29, 0.717) is 0 Å². The molecule has 1 N–H and O–H groups in total. The number of rotatable bonds is 2. The number of fused-ring (bicyclic) bond motifs is 1. The summed E-state index contributed by atoms with van der Waals surface area (Å²) in [5.74, 6) is 0. The van der Waals surface area contributed by atoms with E-state index in [1.165, 1.54) is 28.1 Å². The zero-order valence-corrected chi connectivity index (χ0v) is 13.3. The molecule has 1 aliphatic heterocycles. The second kappa shape index (κ2) is 5.54. The van der Waals surface area contributed by atoms with E-state index in [4.69, 9.17) is 4.98 Å². The van der Waals surface area contributed by atoms with Crippen molar-refractivity contribution < 1.29 is 0 Å². The standard InChI is InChI=1S/C18H17N3S/c1-12-17(21-18(22-12)16-6-2-3-9-20-16)14-7-8-15-13(11-14)5-4-10-19-15/h2-3,6-9,11,19H,4-5,10H2,1H3. The molecule has 3 heterocycles. The largest absolute Gasteiger partial charge is 0.385 e. The van der Waals surface area contributed by atoms with Crippen molar-refractivity contribution in [1.29, 1.82) is 0 Å². The summed E-state index contributed by atoms with van der Waals surface area (Å²) in [5.41, 5.74) is 5.90. The highest BCUT2D eigenvalue weighted by molar-refractivity contribution is 7.15. The number of benzene rings is 1. The fourth-order valence-electron chi connectivity index (χ4n) is 2.89. The van der Waals surface area contributed by atoms with Gasteiger partial charge >= 0.3 is 0 Å². The van der Waals surface area contributed by atoms with Gasteiger partial charge in [-0.15, -0.1) is 11.3 Å². The number of aryl methyl sites for hydroxylation is 2. The Balaban J connectivity index is 1.75. The molecule has 22 heavy (non-hydrogen) atoms. The molecule has 0 atom stereocenters. The summed E-state index contributed by atoms with van der Waals surface area (Å²) in [6, 6.07) is 12.6. The molecule has 0 unspecified atom stereocenters. The van der Waals surface area contributed by atoms with Gasteiger partial charge in [0.05, 0.1) is 11.4 Å². The van der Waals surface area contributed by atoms with Crippen LogP contribution in [0.3, 0.4) is 0 Å². The number of hydrogen-bond acceptors (Lipinski definition) is 4. The fraction of sp³-hybridized carbons (Fsp3) is 0.222. The third-order valence-corrected chi connectivity index (χ3v) is 4.99. The Labute approximate surface area is 134 Å². The van der Waals surface area contributed by atoms with Crippen molar-refractivity contribution in [2.45, 2.75) is 19.8 Å². The minimum absolute atomic E-state index is 0.946. The van der Waals surface area contributed by atoms with Crippen LogP contribution in [0.15, 0.2) is 42.6 Å². The average molecular weight is 307 g/mol. The van der Waals surface area contributed by atoms with E-state index in [9.17, 15) is 0 Å². The first-order chi connectivity index (χ1) is 10.8. The van der Waals surface area contributed by atoms with Crippen molar-refractivity contribution in [3.63, 3.8) is 0 Å². The molecule has 0 aliphatic carbocycles. The summed E-state index contributed by atoms with van der Waals surface area (Å²) in [6.07, 6.45) is 4.16. The lowest BCUT2D eigenvalue weighted by molar-refractivity contribution is 0.830. The number of anilines is 1. The molecule has 0 fully saturated rings. The molecule has 2 aromatic heterocycles. The lowest BCUT2D eigenvalue weighted by Crippen LogP contribution is -2.11. The number of hydrogen-bond donors (Lipinski definition) is 1. The molecule has 4 rings (SSSR count). The molecule has 0 spiro atoms. The molecule has 0 radical (unpaired) electrons. The van der Waals surface area contributed by atoms with Gasteiger partial charge in [-0.05, 0) is 49.6 Å². The van der Waals surface area contributed by atoms with Crippen molar-refractivity contribution >= 4 is 17.0 Å². The smallest absolute Gasteiger partial charge is 0.142 e. The maximum atomic E-state index is 4.83. The Kier molecular flexibility index (Phi) is 3.39. The zero-order valence-electron chi connectivity index (χ0n) is 12.5. The fourth-order valence-corrected chi connectivity index (χ4v) is 3.80. The van der Waals surface area contributed by atoms with Gasteiger partial charge in [-0.1, -0.05) is 12.1 Å². The van der Waals surface area contributed by atoms with Crippen LogP contribution in [0, 0.1) is 6.92 Å². The van der Waals surface area contributed by atoms with Crippen LogP contribution >= 0.6 is 11.3 Å². The van der Waals surface area contributed by atoms with E-state index in [-0.39, 0.29) is 0 Å². The molecule has 0 saturated carbocycles. The molecule has 0 amide bonds. The van der Waals surface area contributed by atoms with Crippen molar-refractivity contribution in [1.82, 2.24) is 9.97 Å². The maximum absolute atomic E-state index is 4.83. The molecule has 4 heteroatoms. The predicted molar refractivity (Wildman–Crippen MR) is 92.3 cm³/mol. The van der Waals surface area contributed by atoms with E-state index < -0.39 is 0 Å². The van der Waals surface area contributed by atoms with Crippen molar-refractivity contribution in [3.8, 4) is 22.0 Å². The SMILES string of the molecule is Cc1sc(-c2ccccn2)nc1-c1ccc2c(c1)CCCN2. The molecule has 1 aliphatic rings. The molecule has 110 valence electrons. The predicted octanol–water partition coefficient (Wildman–Crippen LogP) is 4.54. The second-order valence-electron chi connectivity index (χ2n) is 5.54. The van der Waals surface area contributed by atoms with Crippen LogP contribution in [0.2, 0.25) is 0 Å². The Hall–Kier alpha value is -2.20. The van der Waals surface area contributed by atoms with Crippen LogP contribution in [0.4, 0.5) is 5.69 Å². The van der Waals surface area contributed by atoms with Crippen molar-refractivity contribution in [2.24, 2.45) is 0 Å². The van der Waals surface area contributed by atoms with Crippen LogP contribution in [0.25, 0.3) is 22.0 Å². The Morgan fingerprint density at radius 2 is 2.14 bits per heavy atom. The van der Waals surface area contributed by atoms with E-state index in [1.807, 2.05) is 24.4 Å². The Morgan fingerprint density at radius 1 is 1.18 bits per heavy atom. The lowest BCUT2D eigenvalue weighted by atomic mass is 9.99. The molecule has 1 aromatic carbocycles. The number of nitrogens with zero attached hydrogens (tertiary/aromatic N) is 2. The van der Waals surface area contributed by atoms with Gasteiger partial charge in [0.15, 0.2) is 0 Å². The first-order valence-corrected chi connectivity index (χ1v) is 8.39. The summed E-state index contributed by atoms with van der Waals surface area (Å²) in [6.45, 7) is 3.21. The van der Waals surface area contributed by atoms with E-state index in [2.05, 4.69) is 35.4 Å². The van der Waals surface area contributed by atoms with E-state index in [0.717, 1.165) is 29.4 Å². The number of nitrogens with one attached hydrogen (secondary N) is 1. The molecular weight excluding hydrogens is 290 g/mol. The first-order valence-electron chi connectivity index (χ1n) is 7.57. The minimum Gasteiger partial charge on any atom is -0.385 e. The minimum atomic E-state index is 0.946. The topological polar surface area (TPSA) is 37.8 Å². The van der Waals surface area contributed by atoms with Gasteiger partial charge in [0.2, 0.25) is 0 Å². The average Bonchev–Trinajstić information content (AvgIpc) is 2.97. The third kappa shape index (κ3) is 2.40. The zero-order chi connectivity index (χ0) is 14.9. The third-order valence-electron chi connectivity index (χ3n) is 4.00. The van der Waals surface area contributed by atoms with Crippen LogP contribution in [-0.2, 0) is 6.42 Å². The van der Waals surface area contributed by atoms with Gasteiger partial charge in [0.25, 0.3) is 0 Å². The van der Waals surface area contributed by atoms with E-state index in [1.54, 1.807) is 11.3 Å². The van der Waals surface area contributed by atoms with Gasteiger partial charge in [-0.3, -0.25) is 4.98 Å². The molecule has 3 aromatic rings. The summed E-state index contributed by atoms with van der Waals surface area (Å²) in [4.78, 5) is 10.5. The number of thiazole rings is 1.